The van der Waals surface area contributed by atoms with Crippen LogP contribution in [-0.4, -0.2) is 51.4 Å². The third kappa shape index (κ3) is 3.38. The van der Waals surface area contributed by atoms with Crippen LogP contribution in [0.4, 0.5) is 0 Å². The molecule has 6 heteroatoms. The number of carbonyl (C=O) groups excluding carboxylic acids is 1. The van der Waals surface area contributed by atoms with E-state index in [0.29, 0.717) is 17.8 Å². The second-order valence-electron chi connectivity index (χ2n) is 8.68. The molecule has 0 saturated carbocycles. The summed E-state index contributed by atoms with van der Waals surface area (Å²) in [6.07, 6.45) is 3.28. The largest absolute Gasteiger partial charge is 0.343 e. The quantitative estimate of drug-likeness (QED) is 0.635. The third-order valence-electron chi connectivity index (χ3n) is 6.44. The molecule has 2 atom stereocenters. The van der Waals surface area contributed by atoms with Crippen LogP contribution in [-0.2, 0) is 19.5 Å². The van der Waals surface area contributed by atoms with Gasteiger partial charge in [0.05, 0.1) is 5.69 Å². The van der Waals surface area contributed by atoms with Gasteiger partial charge in [-0.1, -0.05) is 30.3 Å². The van der Waals surface area contributed by atoms with E-state index in [1.54, 1.807) is 4.90 Å². The van der Waals surface area contributed by atoms with Gasteiger partial charge >= 0.3 is 0 Å². The minimum absolute atomic E-state index is 0.000800. The second-order valence-corrected chi connectivity index (χ2v) is 10.1. The van der Waals surface area contributed by atoms with Crippen LogP contribution in [0.3, 0.4) is 0 Å². The predicted octanol–water partition coefficient (Wildman–Crippen LogP) is 4.21. The molecular formula is C24H28N4OS. The maximum atomic E-state index is 13.0. The molecule has 1 saturated heterocycles. The summed E-state index contributed by atoms with van der Waals surface area (Å²) < 4.78 is 2.34. The first-order chi connectivity index (χ1) is 14.5. The molecule has 0 N–H and O–H groups in total. The molecular weight excluding hydrogens is 392 g/mol. The number of aromatic nitrogens is 2. The van der Waals surface area contributed by atoms with Gasteiger partial charge in [-0.3, -0.25) is 9.69 Å². The second kappa shape index (κ2) is 7.67. The molecule has 2 aliphatic heterocycles. The number of rotatable bonds is 4. The van der Waals surface area contributed by atoms with E-state index in [0.717, 1.165) is 36.6 Å². The summed E-state index contributed by atoms with van der Waals surface area (Å²) in [5, 5.41) is 0. The smallest absolute Gasteiger partial charge is 0.273 e. The molecule has 5 nitrogen and oxygen atoms in total. The monoisotopic (exact) mass is 420 g/mol. The highest BCUT2D eigenvalue weighted by molar-refractivity contribution is 7.11. The third-order valence-corrected chi connectivity index (χ3v) is 7.43. The summed E-state index contributed by atoms with van der Waals surface area (Å²) in [6, 6.07) is 15.7. The minimum atomic E-state index is -0.000800. The van der Waals surface area contributed by atoms with Crippen LogP contribution < -0.4 is 0 Å². The molecule has 30 heavy (non-hydrogen) atoms. The SMILES string of the molecule is Cc1ccc(CN2C3CCC2Cn2c(-c4ccccc4)nc(C(=O)N(C)C)c2C3)s1. The van der Waals surface area contributed by atoms with Crippen LogP contribution >= 0.6 is 11.3 Å². The van der Waals surface area contributed by atoms with Crippen molar-refractivity contribution >= 4 is 17.2 Å². The van der Waals surface area contributed by atoms with Crippen molar-refractivity contribution in [3.8, 4) is 11.4 Å². The van der Waals surface area contributed by atoms with Crippen molar-refractivity contribution in [2.45, 2.75) is 51.4 Å². The van der Waals surface area contributed by atoms with Crippen molar-refractivity contribution in [3.05, 3.63) is 63.6 Å². The summed E-state index contributed by atoms with van der Waals surface area (Å²) >= 11 is 1.90. The number of benzene rings is 1. The first-order valence-corrected chi connectivity index (χ1v) is 11.5. The molecule has 156 valence electrons. The number of hydrogen-bond donors (Lipinski definition) is 0. The molecule has 2 bridgehead atoms. The number of imidazole rings is 1. The molecule has 0 aliphatic carbocycles. The van der Waals surface area contributed by atoms with Gasteiger partial charge in [-0.15, -0.1) is 11.3 Å². The van der Waals surface area contributed by atoms with Gasteiger partial charge in [0, 0.05) is 61.0 Å². The molecule has 0 radical (unpaired) electrons. The maximum absolute atomic E-state index is 13.0. The average Bonchev–Trinajstić information content (AvgIpc) is 3.38. The summed E-state index contributed by atoms with van der Waals surface area (Å²) in [5.41, 5.74) is 2.81. The van der Waals surface area contributed by atoms with E-state index in [1.165, 1.54) is 22.6 Å². The number of nitrogens with zero attached hydrogens (tertiary/aromatic N) is 4. The zero-order chi connectivity index (χ0) is 20.8. The molecule has 0 spiro atoms. The molecule has 1 aromatic carbocycles. The Hall–Kier alpha value is -2.44. The maximum Gasteiger partial charge on any atom is 0.273 e. The molecule has 4 heterocycles. The predicted molar refractivity (Wildman–Crippen MR) is 121 cm³/mol. The molecule has 2 aromatic heterocycles. The summed E-state index contributed by atoms with van der Waals surface area (Å²) in [7, 11) is 3.62. The summed E-state index contributed by atoms with van der Waals surface area (Å²) in [4.78, 5) is 25.0. The zero-order valence-electron chi connectivity index (χ0n) is 17.8. The Balaban J connectivity index is 1.56. The lowest BCUT2D eigenvalue weighted by molar-refractivity contribution is 0.0821. The number of thiophene rings is 1. The van der Waals surface area contributed by atoms with Gasteiger partial charge in [-0.25, -0.2) is 4.98 Å². The van der Waals surface area contributed by atoms with Crippen molar-refractivity contribution in [2.24, 2.45) is 0 Å². The Kier molecular flexibility index (Phi) is 4.99. The molecule has 1 fully saturated rings. The lowest BCUT2D eigenvalue weighted by Gasteiger charge is -2.27. The summed E-state index contributed by atoms with van der Waals surface area (Å²) in [5.74, 6) is 0.925. The highest BCUT2D eigenvalue weighted by Gasteiger charge is 2.40. The normalized spacial score (nSPS) is 20.8. The van der Waals surface area contributed by atoms with E-state index in [9.17, 15) is 4.79 Å². The Morgan fingerprint density at radius 2 is 1.90 bits per heavy atom. The number of amides is 1. The van der Waals surface area contributed by atoms with Gasteiger partial charge in [0.1, 0.15) is 11.5 Å². The molecule has 3 aromatic rings. The Labute approximate surface area is 182 Å². The van der Waals surface area contributed by atoms with E-state index in [1.807, 2.05) is 43.6 Å². The van der Waals surface area contributed by atoms with Crippen molar-refractivity contribution in [1.82, 2.24) is 19.4 Å². The number of fused-ring (bicyclic) bond motifs is 3. The minimum Gasteiger partial charge on any atom is -0.343 e. The van der Waals surface area contributed by atoms with Crippen LogP contribution in [0.2, 0.25) is 0 Å². The van der Waals surface area contributed by atoms with Crippen LogP contribution in [0.5, 0.6) is 0 Å². The van der Waals surface area contributed by atoms with Crippen molar-refractivity contribution in [1.29, 1.82) is 0 Å². The van der Waals surface area contributed by atoms with Gasteiger partial charge in [-0.2, -0.15) is 0 Å². The average molecular weight is 421 g/mol. The first kappa shape index (κ1) is 19.5. The van der Waals surface area contributed by atoms with Crippen molar-refractivity contribution in [2.75, 3.05) is 14.1 Å². The van der Waals surface area contributed by atoms with Crippen LogP contribution in [0.25, 0.3) is 11.4 Å². The fourth-order valence-electron chi connectivity index (χ4n) is 4.95. The Bertz CT molecular complexity index is 1070. The molecule has 1 amide bonds. The van der Waals surface area contributed by atoms with E-state index in [-0.39, 0.29) is 5.91 Å². The van der Waals surface area contributed by atoms with Gasteiger partial charge in [-0.05, 0) is 31.9 Å². The molecule has 2 aliphatic rings. The number of carbonyl (C=O) groups is 1. The van der Waals surface area contributed by atoms with E-state index < -0.39 is 0 Å². The molecule has 2 unspecified atom stereocenters. The topological polar surface area (TPSA) is 41.4 Å². The van der Waals surface area contributed by atoms with Crippen LogP contribution in [0.1, 0.15) is 38.8 Å². The standard InChI is InChI=1S/C24H28N4OS/c1-16-9-12-20(30-16)15-27-18-10-11-19(27)14-28-21(13-18)22(24(29)26(2)3)25-23(28)17-7-5-4-6-8-17/h4-9,12,18-19H,10-11,13-15H2,1-3H3. The van der Waals surface area contributed by atoms with Crippen LogP contribution in [0, 0.1) is 6.92 Å². The van der Waals surface area contributed by atoms with Gasteiger partial charge < -0.3 is 9.47 Å². The van der Waals surface area contributed by atoms with Gasteiger partial charge in [0.25, 0.3) is 5.91 Å². The number of hydrogen-bond acceptors (Lipinski definition) is 4. The van der Waals surface area contributed by atoms with E-state index >= 15 is 0 Å². The first-order valence-electron chi connectivity index (χ1n) is 10.7. The molecule has 5 rings (SSSR count). The summed E-state index contributed by atoms with van der Waals surface area (Å²) in [6.45, 7) is 4.08. The van der Waals surface area contributed by atoms with Crippen LogP contribution in [0.15, 0.2) is 42.5 Å². The Morgan fingerprint density at radius 3 is 2.60 bits per heavy atom. The fraction of sp³-hybridized carbons (Fsp3) is 0.417. The van der Waals surface area contributed by atoms with Gasteiger partial charge in [0.2, 0.25) is 0 Å². The van der Waals surface area contributed by atoms with Gasteiger partial charge in [0.15, 0.2) is 0 Å². The fourth-order valence-corrected chi connectivity index (χ4v) is 5.85. The lowest BCUT2D eigenvalue weighted by atomic mass is 10.1. The van der Waals surface area contributed by atoms with E-state index in [2.05, 4.69) is 40.7 Å². The highest BCUT2D eigenvalue weighted by atomic mass is 32.1. The highest BCUT2D eigenvalue weighted by Crippen LogP contribution is 2.37. The lowest BCUT2D eigenvalue weighted by Crippen LogP contribution is -2.36. The Morgan fingerprint density at radius 1 is 1.13 bits per heavy atom. The van der Waals surface area contributed by atoms with Crippen molar-refractivity contribution in [3.63, 3.8) is 0 Å². The van der Waals surface area contributed by atoms with Crippen molar-refractivity contribution < 1.29 is 4.79 Å². The number of aryl methyl sites for hydroxylation is 1. The zero-order valence-corrected chi connectivity index (χ0v) is 18.7. The van der Waals surface area contributed by atoms with E-state index in [4.69, 9.17) is 4.98 Å².